The highest BCUT2D eigenvalue weighted by atomic mass is 16.5. The predicted octanol–water partition coefficient (Wildman–Crippen LogP) is 2.09. The molecule has 0 bridgehead atoms. The number of carboxylic acids is 1. The largest absolute Gasteiger partial charge is 0.481 e. The maximum atomic E-state index is 11.4. The highest BCUT2D eigenvalue weighted by Crippen LogP contribution is 2.13. The lowest BCUT2D eigenvalue weighted by Crippen LogP contribution is -2.14. The lowest BCUT2D eigenvalue weighted by molar-refractivity contribution is -0.139. The first kappa shape index (κ1) is 12.2. The van der Waals surface area contributed by atoms with Gasteiger partial charge in [-0.1, -0.05) is 25.1 Å². The summed E-state index contributed by atoms with van der Waals surface area (Å²) in [6.45, 7) is 1.71. The smallest absolute Gasteiger partial charge is 0.311 e. The monoisotopic (exact) mass is 222 g/mol. The van der Waals surface area contributed by atoms with Crippen molar-refractivity contribution in [2.75, 3.05) is 0 Å². The van der Waals surface area contributed by atoms with Crippen molar-refractivity contribution in [3.05, 3.63) is 30.3 Å². The minimum absolute atomic E-state index is 0.0239. The number of ether oxygens (including phenoxy) is 1. The topological polar surface area (TPSA) is 63.6 Å². The molecule has 4 nitrogen and oxygen atoms in total. The van der Waals surface area contributed by atoms with Crippen LogP contribution in [0.25, 0.3) is 0 Å². The van der Waals surface area contributed by atoms with Crippen molar-refractivity contribution < 1.29 is 19.4 Å². The normalized spacial score (nSPS) is 11.8. The van der Waals surface area contributed by atoms with Crippen molar-refractivity contribution in [1.29, 1.82) is 0 Å². The molecule has 0 radical (unpaired) electrons. The molecule has 0 saturated carbocycles. The molecule has 0 heterocycles. The van der Waals surface area contributed by atoms with E-state index < -0.39 is 11.9 Å². The molecular weight excluding hydrogens is 208 g/mol. The van der Waals surface area contributed by atoms with Gasteiger partial charge in [-0.05, 0) is 18.1 Å². The molecule has 0 aliphatic carbocycles. The van der Waals surface area contributed by atoms with Crippen LogP contribution in [0.1, 0.15) is 19.8 Å². The number of carbonyl (C=O) groups is 2. The van der Waals surface area contributed by atoms with Crippen molar-refractivity contribution in [2.24, 2.45) is 5.92 Å². The Bertz CT molecular complexity index is 359. The molecule has 1 rings (SSSR count). The van der Waals surface area contributed by atoms with Gasteiger partial charge < -0.3 is 9.84 Å². The molecule has 1 N–H and O–H groups in total. The second-order valence-electron chi connectivity index (χ2n) is 3.69. The second-order valence-corrected chi connectivity index (χ2v) is 3.69. The van der Waals surface area contributed by atoms with E-state index in [0.717, 1.165) is 0 Å². The fraction of sp³-hybridized carbons (Fsp3) is 0.333. The summed E-state index contributed by atoms with van der Waals surface area (Å²) in [5.41, 5.74) is 0. The first-order valence-electron chi connectivity index (χ1n) is 5.05. The molecule has 0 saturated heterocycles. The first-order valence-corrected chi connectivity index (χ1v) is 5.05. The number of esters is 1. The van der Waals surface area contributed by atoms with Crippen LogP contribution >= 0.6 is 0 Å². The Labute approximate surface area is 93.9 Å². The van der Waals surface area contributed by atoms with E-state index in [1.54, 1.807) is 31.2 Å². The Hall–Kier alpha value is -1.84. The lowest BCUT2D eigenvalue weighted by atomic mass is 10.0. The molecule has 0 aliphatic rings. The molecule has 1 unspecified atom stereocenters. The van der Waals surface area contributed by atoms with Crippen LogP contribution in [0, 0.1) is 5.92 Å². The van der Waals surface area contributed by atoms with E-state index in [1.807, 2.05) is 6.07 Å². The van der Waals surface area contributed by atoms with Crippen molar-refractivity contribution in [3.63, 3.8) is 0 Å². The van der Waals surface area contributed by atoms with E-state index in [1.165, 1.54) is 0 Å². The van der Waals surface area contributed by atoms with E-state index in [9.17, 15) is 9.59 Å². The number of rotatable bonds is 5. The zero-order valence-corrected chi connectivity index (χ0v) is 9.05. The van der Waals surface area contributed by atoms with Gasteiger partial charge in [0.2, 0.25) is 0 Å². The highest BCUT2D eigenvalue weighted by Gasteiger charge is 2.13. The van der Waals surface area contributed by atoms with Gasteiger partial charge in [0.15, 0.2) is 0 Å². The fourth-order valence-corrected chi connectivity index (χ4v) is 1.32. The quantitative estimate of drug-likeness (QED) is 0.612. The third-order valence-electron chi connectivity index (χ3n) is 2.01. The number of hydrogen-bond donors (Lipinski definition) is 1. The van der Waals surface area contributed by atoms with Gasteiger partial charge in [-0.3, -0.25) is 9.59 Å². The summed E-state index contributed by atoms with van der Waals surface area (Å²) in [6, 6.07) is 8.72. The molecule has 0 aromatic heterocycles. The number of benzene rings is 1. The summed E-state index contributed by atoms with van der Waals surface area (Å²) in [7, 11) is 0. The van der Waals surface area contributed by atoms with Crippen LogP contribution < -0.4 is 4.74 Å². The van der Waals surface area contributed by atoms with Gasteiger partial charge in [-0.2, -0.15) is 0 Å². The van der Waals surface area contributed by atoms with Crippen molar-refractivity contribution in [2.45, 2.75) is 19.8 Å². The van der Waals surface area contributed by atoms with Crippen LogP contribution in [0.4, 0.5) is 0 Å². The molecule has 0 amide bonds. The van der Waals surface area contributed by atoms with Crippen LogP contribution in [0.3, 0.4) is 0 Å². The second kappa shape index (κ2) is 5.90. The van der Waals surface area contributed by atoms with E-state index >= 15 is 0 Å². The average molecular weight is 222 g/mol. The Kier molecular flexibility index (Phi) is 4.51. The highest BCUT2D eigenvalue weighted by molar-refractivity contribution is 5.74. The molecule has 1 aromatic rings. The van der Waals surface area contributed by atoms with E-state index in [-0.39, 0.29) is 18.8 Å². The maximum absolute atomic E-state index is 11.4. The molecule has 0 spiro atoms. The van der Waals surface area contributed by atoms with Crippen molar-refractivity contribution in [3.8, 4) is 5.75 Å². The first-order chi connectivity index (χ1) is 7.58. The molecular formula is C12H14O4. The predicted molar refractivity (Wildman–Crippen MR) is 58.1 cm³/mol. The van der Waals surface area contributed by atoms with Gasteiger partial charge in [0.1, 0.15) is 5.75 Å². The summed E-state index contributed by atoms with van der Waals surface area (Å²) in [5, 5.41) is 8.53. The third-order valence-corrected chi connectivity index (χ3v) is 2.01. The van der Waals surface area contributed by atoms with Gasteiger partial charge >= 0.3 is 11.9 Å². The summed E-state index contributed by atoms with van der Waals surface area (Å²) in [6.07, 6.45) is 0.0884. The minimum atomic E-state index is -0.903. The Balaban J connectivity index is 2.39. The summed E-state index contributed by atoms with van der Waals surface area (Å²) in [4.78, 5) is 21.8. The maximum Gasteiger partial charge on any atom is 0.311 e. The van der Waals surface area contributed by atoms with Crippen LogP contribution in [0.2, 0.25) is 0 Å². The molecule has 0 fully saturated rings. The number of aliphatic carboxylic acids is 1. The number of para-hydroxylation sites is 1. The summed E-state index contributed by atoms with van der Waals surface area (Å²) in [5.74, 6) is -1.04. The average Bonchev–Trinajstić information content (AvgIpc) is 2.17. The van der Waals surface area contributed by atoms with E-state index in [4.69, 9.17) is 9.84 Å². The molecule has 0 aliphatic heterocycles. The SMILES string of the molecule is CC(CC(=O)O)CC(=O)Oc1ccccc1. The molecule has 1 atom stereocenters. The lowest BCUT2D eigenvalue weighted by Gasteiger charge is -2.08. The van der Waals surface area contributed by atoms with Gasteiger partial charge in [0, 0.05) is 12.8 Å². The zero-order chi connectivity index (χ0) is 12.0. The Morgan fingerprint density at radius 2 is 1.88 bits per heavy atom. The van der Waals surface area contributed by atoms with Crippen molar-refractivity contribution in [1.82, 2.24) is 0 Å². The Morgan fingerprint density at radius 3 is 2.44 bits per heavy atom. The van der Waals surface area contributed by atoms with Crippen LogP contribution in [-0.4, -0.2) is 17.0 Å². The van der Waals surface area contributed by atoms with Gasteiger partial charge in [-0.15, -0.1) is 0 Å². The summed E-state index contributed by atoms with van der Waals surface area (Å²) < 4.78 is 5.03. The molecule has 86 valence electrons. The van der Waals surface area contributed by atoms with E-state index in [0.29, 0.717) is 5.75 Å². The zero-order valence-electron chi connectivity index (χ0n) is 9.05. The minimum Gasteiger partial charge on any atom is -0.481 e. The van der Waals surface area contributed by atoms with Crippen molar-refractivity contribution >= 4 is 11.9 Å². The van der Waals surface area contributed by atoms with Crippen LogP contribution in [-0.2, 0) is 9.59 Å². The molecule has 4 heteroatoms. The molecule has 16 heavy (non-hydrogen) atoms. The Morgan fingerprint density at radius 1 is 1.25 bits per heavy atom. The summed E-state index contributed by atoms with van der Waals surface area (Å²) >= 11 is 0. The molecule has 1 aromatic carbocycles. The van der Waals surface area contributed by atoms with E-state index in [2.05, 4.69) is 0 Å². The van der Waals surface area contributed by atoms with Gasteiger partial charge in [0.05, 0.1) is 0 Å². The standard InChI is InChI=1S/C12H14O4/c1-9(7-11(13)14)8-12(15)16-10-5-3-2-4-6-10/h2-6,9H,7-8H2,1H3,(H,13,14). The van der Waals surface area contributed by atoms with Crippen LogP contribution in [0.15, 0.2) is 30.3 Å². The van der Waals surface area contributed by atoms with Gasteiger partial charge in [-0.25, -0.2) is 0 Å². The fourth-order valence-electron chi connectivity index (χ4n) is 1.32. The number of hydrogen-bond acceptors (Lipinski definition) is 3. The van der Waals surface area contributed by atoms with Crippen LogP contribution in [0.5, 0.6) is 5.75 Å². The van der Waals surface area contributed by atoms with Gasteiger partial charge in [0.25, 0.3) is 0 Å². The number of carbonyl (C=O) groups excluding carboxylic acids is 1. The number of carboxylic acid groups (broad SMARTS) is 1. The third kappa shape index (κ3) is 4.59.